The number of benzene rings is 2. The molecule has 0 aliphatic carbocycles. The van der Waals surface area contributed by atoms with Crippen molar-refractivity contribution in [1.82, 2.24) is 9.62 Å². The Morgan fingerprint density at radius 3 is 1.94 bits per heavy atom. The van der Waals surface area contributed by atoms with Crippen LogP contribution in [0.4, 0.5) is 0 Å². The molecule has 2 aromatic carbocycles. The van der Waals surface area contributed by atoms with Crippen molar-refractivity contribution in [3.05, 3.63) is 69.7 Å². The van der Waals surface area contributed by atoms with Crippen LogP contribution in [0.2, 0.25) is 10.0 Å². The zero-order valence-electron chi connectivity index (χ0n) is 20.9. The molecular weight excluding hydrogens is 483 g/mol. The van der Waals surface area contributed by atoms with Crippen molar-refractivity contribution in [2.45, 2.75) is 89.0 Å². The molecule has 2 heterocycles. The van der Waals surface area contributed by atoms with E-state index in [4.69, 9.17) is 23.2 Å². The molecule has 0 radical (unpaired) electrons. The molecule has 2 unspecified atom stereocenters. The number of hydrogen-bond donors (Lipinski definition) is 1. The first kappa shape index (κ1) is 27.7. The lowest BCUT2D eigenvalue weighted by Crippen LogP contribution is -2.47. The molecule has 6 heteroatoms. The van der Waals surface area contributed by atoms with E-state index in [-0.39, 0.29) is 4.75 Å². The second-order valence-electron chi connectivity index (χ2n) is 10.5. The Hall–Kier alpha value is -0.910. The van der Waals surface area contributed by atoms with Gasteiger partial charge in [0.25, 0.3) is 0 Å². The molecule has 3 atom stereocenters. The van der Waals surface area contributed by atoms with Crippen molar-refractivity contribution < 1.29 is 4.21 Å². The van der Waals surface area contributed by atoms with Crippen LogP contribution in [-0.2, 0) is 23.8 Å². The SMILES string of the molecule is CC(C)(C)[S@](=O)N1CCCCC1Cc1ccc(Cl)cc1.Clc1ccc(CC2CCCCN2)cc1. The van der Waals surface area contributed by atoms with Gasteiger partial charge in [0.05, 0.1) is 15.7 Å². The molecule has 0 bridgehead atoms. The average Bonchev–Trinajstić information content (AvgIpc) is 2.82. The Bertz CT molecular complexity index is 890. The van der Waals surface area contributed by atoms with Crippen LogP contribution in [-0.4, -0.2) is 38.4 Å². The lowest BCUT2D eigenvalue weighted by molar-refractivity contribution is 0.258. The van der Waals surface area contributed by atoms with Gasteiger partial charge in [-0.05, 0) is 101 Å². The highest BCUT2D eigenvalue weighted by Crippen LogP contribution is 2.27. The van der Waals surface area contributed by atoms with E-state index in [1.54, 1.807) is 0 Å². The van der Waals surface area contributed by atoms with Gasteiger partial charge in [0.15, 0.2) is 0 Å². The summed E-state index contributed by atoms with van der Waals surface area (Å²) in [5, 5.41) is 5.14. The fourth-order valence-corrected chi connectivity index (χ4v) is 6.35. The molecule has 2 fully saturated rings. The quantitative estimate of drug-likeness (QED) is 0.449. The van der Waals surface area contributed by atoms with E-state index in [1.807, 2.05) is 24.3 Å². The summed E-state index contributed by atoms with van der Waals surface area (Å²) < 4.78 is 14.7. The van der Waals surface area contributed by atoms with Crippen LogP contribution in [0.25, 0.3) is 0 Å². The number of nitrogens with zero attached hydrogens (tertiary/aromatic N) is 1. The molecule has 4 rings (SSSR count). The van der Waals surface area contributed by atoms with Crippen LogP contribution in [0, 0.1) is 0 Å². The van der Waals surface area contributed by atoms with Gasteiger partial charge in [0, 0.05) is 28.7 Å². The Labute approximate surface area is 219 Å². The minimum atomic E-state index is -0.925. The van der Waals surface area contributed by atoms with Crippen molar-refractivity contribution in [3.8, 4) is 0 Å². The van der Waals surface area contributed by atoms with Crippen LogP contribution >= 0.6 is 23.2 Å². The summed E-state index contributed by atoms with van der Waals surface area (Å²) in [4.78, 5) is 0. The fourth-order valence-electron chi connectivity index (χ4n) is 4.64. The molecule has 2 aliphatic rings. The van der Waals surface area contributed by atoms with Crippen LogP contribution in [0.5, 0.6) is 0 Å². The molecular formula is C28H40Cl2N2OS. The summed E-state index contributed by atoms with van der Waals surface area (Å²) in [6.45, 7) is 8.28. The highest BCUT2D eigenvalue weighted by Gasteiger charge is 2.33. The largest absolute Gasteiger partial charge is 0.314 e. The minimum Gasteiger partial charge on any atom is -0.314 e. The molecule has 2 aliphatic heterocycles. The molecule has 34 heavy (non-hydrogen) atoms. The van der Waals surface area contributed by atoms with Gasteiger partial charge in [-0.3, -0.25) is 0 Å². The molecule has 2 saturated heterocycles. The van der Waals surface area contributed by atoms with E-state index in [0.29, 0.717) is 12.1 Å². The lowest BCUT2D eigenvalue weighted by Gasteiger charge is -2.38. The number of rotatable bonds is 5. The van der Waals surface area contributed by atoms with Crippen LogP contribution in [0.3, 0.4) is 0 Å². The lowest BCUT2D eigenvalue weighted by atomic mass is 9.98. The standard InChI is InChI=1S/C16H24ClNOS.C12H16ClN/c1-16(2,3)20(19)18-11-5-4-6-15(18)12-13-7-9-14(17)10-8-13;13-11-6-4-10(5-7-11)9-12-3-1-2-8-14-12/h7-10,15H,4-6,11-12H2,1-3H3;4-7,12,14H,1-3,8-9H2/t15?,20-;/m0./s1. The van der Waals surface area contributed by atoms with E-state index >= 15 is 0 Å². The maximum absolute atomic E-state index is 12.7. The number of piperidine rings is 2. The molecule has 3 nitrogen and oxygen atoms in total. The van der Waals surface area contributed by atoms with Crippen LogP contribution in [0.15, 0.2) is 48.5 Å². The van der Waals surface area contributed by atoms with E-state index in [2.05, 4.69) is 54.7 Å². The summed E-state index contributed by atoms with van der Waals surface area (Å²) in [5.41, 5.74) is 2.66. The van der Waals surface area contributed by atoms with Crippen LogP contribution in [0.1, 0.15) is 70.4 Å². The van der Waals surface area contributed by atoms with E-state index in [0.717, 1.165) is 42.3 Å². The predicted octanol–water partition coefficient (Wildman–Crippen LogP) is 7.22. The highest BCUT2D eigenvalue weighted by molar-refractivity contribution is 7.84. The number of hydrogen-bond acceptors (Lipinski definition) is 2. The maximum atomic E-state index is 12.7. The van der Waals surface area contributed by atoms with Gasteiger partial charge >= 0.3 is 0 Å². The third kappa shape index (κ3) is 8.95. The normalized spacial score (nSPS) is 22.5. The van der Waals surface area contributed by atoms with E-state index in [1.165, 1.54) is 43.4 Å². The monoisotopic (exact) mass is 522 g/mol. The first-order valence-electron chi connectivity index (χ1n) is 12.6. The zero-order valence-corrected chi connectivity index (χ0v) is 23.2. The molecule has 2 aromatic rings. The summed E-state index contributed by atoms with van der Waals surface area (Å²) >= 11 is 11.8. The Morgan fingerprint density at radius 1 is 0.853 bits per heavy atom. The molecule has 0 spiro atoms. The summed E-state index contributed by atoms with van der Waals surface area (Å²) in [6, 6.07) is 17.3. The van der Waals surface area contributed by atoms with Gasteiger partial charge in [-0.25, -0.2) is 8.51 Å². The van der Waals surface area contributed by atoms with Crippen LogP contribution < -0.4 is 5.32 Å². The topological polar surface area (TPSA) is 32.3 Å². The summed E-state index contributed by atoms with van der Waals surface area (Å²) in [6.07, 6.45) is 9.61. The van der Waals surface area contributed by atoms with Gasteiger partial charge in [-0.2, -0.15) is 0 Å². The summed E-state index contributed by atoms with van der Waals surface area (Å²) in [5.74, 6) is 0. The molecule has 1 N–H and O–H groups in total. The van der Waals surface area contributed by atoms with Crippen molar-refractivity contribution in [2.75, 3.05) is 13.1 Å². The average molecular weight is 524 g/mol. The van der Waals surface area contributed by atoms with Crippen molar-refractivity contribution >= 4 is 34.2 Å². The van der Waals surface area contributed by atoms with Crippen molar-refractivity contribution in [3.63, 3.8) is 0 Å². The second kappa shape index (κ2) is 13.4. The van der Waals surface area contributed by atoms with Crippen molar-refractivity contribution in [1.29, 1.82) is 0 Å². The number of nitrogens with one attached hydrogen (secondary N) is 1. The maximum Gasteiger partial charge on any atom is 0.1000 e. The molecule has 188 valence electrons. The predicted molar refractivity (Wildman–Crippen MR) is 148 cm³/mol. The fraction of sp³-hybridized carbons (Fsp3) is 0.571. The Kier molecular flexibility index (Phi) is 10.9. The number of halogens is 2. The van der Waals surface area contributed by atoms with Gasteiger partial charge < -0.3 is 5.32 Å². The Morgan fingerprint density at radius 2 is 1.41 bits per heavy atom. The second-order valence-corrected chi connectivity index (χ2v) is 13.5. The third-order valence-corrected chi connectivity index (χ3v) is 8.96. The molecule has 0 saturated carbocycles. The first-order valence-corrected chi connectivity index (χ1v) is 14.5. The minimum absolute atomic E-state index is 0.185. The third-order valence-electron chi connectivity index (χ3n) is 6.50. The highest BCUT2D eigenvalue weighted by atomic mass is 35.5. The molecule has 0 amide bonds. The van der Waals surface area contributed by atoms with Gasteiger partial charge in [-0.1, -0.05) is 60.3 Å². The zero-order chi connectivity index (χ0) is 24.6. The van der Waals surface area contributed by atoms with E-state index in [9.17, 15) is 4.21 Å². The van der Waals surface area contributed by atoms with Gasteiger partial charge in [0.2, 0.25) is 0 Å². The van der Waals surface area contributed by atoms with Gasteiger partial charge in [-0.15, -0.1) is 0 Å². The van der Waals surface area contributed by atoms with Crippen molar-refractivity contribution in [2.24, 2.45) is 0 Å². The Balaban J connectivity index is 0.000000202. The molecule has 0 aromatic heterocycles. The van der Waals surface area contributed by atoms with Gasteiger partial charge in [0.1, 0.15) is 0 Å². The van der Waals surface area contributed by atoms with E-state index < -0.39 is 11.0 Å². The smallest absolute Gasteiger partial charge is 0.1000 e. The summed E-state index contributed by atoms with van der Waals surface area (Å²) in [7, 11) is -0.925. The first-order chi connectivity index (χ1) is 16.2.